The number of nitrogens with two attached hydrogens (primary N) is 1. The van der Waals surface area contributed by atoms with Crippen molar-refractivity contribution in [3.8, 4) is 0 Å². The molecule has 0 aliphatic heterocycles. The molecule has 0 saturated heterocycles. The number of carbonyl (C=O) groups excluding carboxylic acids is 1. The van der Waals surface area contributed by atoms with E-state index in [-0.39, 0.29) is 27.4 Å². The molecule has 0 aromatic heterocycles. The van der Waals surface area contributed by atoms with Gasteiger partial charge in [0.15, 0.2) is 0 Å². The number of nitrogen functional groups attached to an aromatic ring is 1. The molecule has 0 aliphatic carbocycles. The van der Waals surface area contributed by atoms with Gasteiger partial charge < -0.3 is 15.2 Å². The maximum absolute atomic E-state index is 11.8. The van der Waals surface area contributed by atoms with Crippen molar-refractivity contribution in [2.45, 2.75) is 13.0 Å². The third-order valence-corrected chi connectivity index (χ3v) is 2.70. The molecule has 94 valence electrons. The normalized spacial score (nSPS) is 12.2. The van der Waals surface area contributed by atoms with Crippen LogP contribution in [-0.2, 0) is 9.47 Å². The van der Waals surface area contributed by atoms with Crippen LogP contribution in [0, 0.1) is 0 Å². The molecule has 0 radical (unpaired) electrons. The first kappa shape index (κ1) is 14.1. The number of rotatable bonds is 4. The van der Waals surface area contributed by atoms with Gasteiger partial charge in [0, 0.05) is 7.11 Å². The van der Waals surface area contributed by atoms with Crippen molar-refractivity contribution in [3.63, 3.8) is 0 Å². The number of methoxy groups -OCH3 is 1. The van der Waals surface area contributed by atoms with Gasteiger partial charge in [0.1, 0.15) is 11.7 Å². The minimum atomic E-state index is -0.612. The van der Waals surface area contributed by atoms with Crippen LogP contribution in [0.15, 0.2) is 12.1 Å². The quantitative estimate of drug-likeness (QED) is 0.679. The number of benzene rings is 1. The highest BCUT2D eigenvalue weighted by Crippen LogP contribution is 2.30. The first-order valence-corrected chi connectivity index (χ1v) is 5.66. The molecule has 17 heavy (non-hydrogen) atoms. The molecule has 0 heterocycles. The average molecular weight is 278 g/mol. The van der Waals surface area contributed by atoms with Crippen molar-refractivity contribution in [1.82, 2.24) is 0 Å². The predicted octanol–water partition coefficient (Wildman–Crippen LogP) is 2.77. The van der Waals surface area contributed by atoms with Gasteiger partial charge >= 0.3 is 5.97 Å². The van der Waals surface area contributed by atoms with Crippen LogP contribution in [0.5, 0.6) is 0 Å². The van der Waals surface area contributed by atoms with Gasteiger partial charge in [0.25, 0.3) is 0 Å². The van der Waals surface area contributed by atoms with Crippen LogP contribution in [0.3, 0.4) is 0 Å². The molecule has 4 nitrogen and oxygen atoms in total. The molecule has 1 rings (SSSR count). The second-order valence-electron chi connectivity index (χ2n) is 3.49. The highest BCUT2D eigenvalue weighted by Gasteiger charge is 2.20. The van der Waals surface area contributed by atoms with E-state index in [0.29, 0.717) is 6.61 Å². The largest absolute Gasteiger partial charge is 0.457 e. The Morgan fingerprint density at radius 1 is 1.41 bits per heavy atom. The van der Waals surface area contributed by atoms with Gasteiger partial charge in [-0.3, -0.25) is 0 Å². The third kappa shape index (κ3) is 3.49. The minimum Gasteiger partial charge on any atom is -0.457 e. The Bertz CT molecular complexity index is 423. The second kappa shape index (κ2) is 6.10. The van der Waals surface area contributed by atoms with Gasteiger partial charge in [0.05, 0.1) is 22.3 Å². The summed E-state index contributed by atoms with van der Waals surface area (Å²) in [5.74, 6) is -0.612. The lowest BCUT2D eigenvalue weighted by atomic mass is 10.2. The van der Waals surface area contributed by atoms with Gasteiger partial charge in [-0.25, -0.2) is 4.79 Å². The van der Waals surface area contributed by atoms with E-state index in [9.17, 15) is 4.79 Å². The summed E-state index contributed by atoms with van der Waals surface area (Å²) in [6.07, 6.45) is -0.387. The summed E-state index contributed by atoms with van der Waals surface area (Å²) in [4.78, 5) is 11.8. The van der Waals surface area contributed by atoms with E-state index in [2.05, 4.69) is 0 Å². The fourth-order valence-electron chi connectivity index (χ4n) is 1.29. The van der Waals surface area contributed by atoms with Gasteiger partial charge in [-0.15, -0.1) is 0 Å². The highest BCUT2D eigenvalue weighted by atomic mass is 35.5. The zero-order valence-electron chi connectivity index (χ0n) is 9.50. The van der Waals surface area contributed by atoms with Crippen molar-refractivity contribution in [3.05, 3.63) is 27.7 Å². The van der Waals surface area contributed by atoms with E-state index in [0.717, 1.165) is 0 Å². The molecule has 1 atom stereocenters. The number of hydrogen-bond donors (Lipinski definition) is 1. The number of carbonyl (C=O) groups is 1. The van der Waals surface area contributed by atoms with Crippen molar-refractivity contribution in [1.29, 1.82) is 0 Å². The Hall–Kier alpha value is -0.970. The van der Waals surface area contributed by atoms with Crippen molar-refractivity contribution >= 4 is 34.9 Å². The van der Waals surface area contributed by atoms with Crippen molar-refractivity contribution in [2.75, 3.05) is 19.5 Å². The van der Waals surface area contributed by atoms with Gasteiger partial charge in [-0.05, 0) is 19.1 Å². The smallest absolute Gasteiger partial charge is 0.342 e. The van der Waals surface area contributed by atoms with Crippen LogP contribution in [0.4, 0.5) is 5.69 Å². The van der Waals surface area contributed by atoms with E-state index in [1.165, 1.54) is 19.2 Å². The molecular weight excluding hydrogens is 265 g/mol. The Morgan fingerprint density at radius 3 is 2.59 bits per heavy atom. The molecule has 2 N–H and O–H groups in total. The Morgan fingerprint density at radius 2 is 2.00 bits per heavy atom. The van der Waals surface area contributed by atoms with Crippen molar-refractivity contribution < 1.29 is 14.3 Å². The molecule has 0 bridgehead atoms. The van der Waals surface area contributed by atoms with Crippen LogP contribution < -0.4 is 5.73 Å². The molecule has 1 aromatic carbocycles. The van der Waals surface area contributed by atoms with E-state index in [1.54, 1.807) is 6.92 Å². The monoisotopic (exact) mass is 277 g/mol. The fourth-order valence-corrected chi connectivity index (χ4v) is 1.68. The average Bonchev–Trinajstić information content (AvgIpc) is 2.24. The van der Waals surface area contributed by atoms with Crippen LogP contribution in [0.2, 0.25) is 10.0 Å². The predicted molar refractivity (Wildman–Crippen MR) is 67.6 cm³/mol. The fraction of sp³-hybridized carbons (Fsp3) is 0.364. The van der Waals surface area contributed by atoms with Gasteiger partial charge in [-0.1, -0.05) is 23.2 Å². The standard InChI is InChI=1S/C11H13Cl2NO3/c1-6(5-16-2)17-11(15)9-7(12)3-4-8(13)10(9)14/h3-4,6H,5,14H2,1-2H3. The SMILES string of the molecule is COCC(C)OC(=O)c1c(Cl)ccc(Cl)c1N. The summed E-state index contributed by atoms with van der Waals surface area (Å²) in [5.41, 5.74) is 5.89. The molecular formula is C11H13Cl2NO3. The van der Waals surface area contributed by atoms with Gasteiger partial charge in [0.2, 0.25) is 0 Å². The topological polar surface area (TPSA) is 61.5 Å². The maximum Gasteiger partial charge on any atom is 0.342 e. The Balaban J connectivity index is 2.93. The molecule has 0 amide bonds. The molecule has 1 unspecified atom stereocenters. The zero-order chi connectivity index (χ0) is 13.0. The lowest BCUT2D eigenvalue weighted by Gasteiger charge is -2.14. The van der Waals surface area contributed by atoms with E-state index < -0.39 is 5.97 Å². The lowest BCUT2D eigenvalue weighted by molar-refractivity contribution is 0.0121. The van der Waals surface area contributed by atoms with Crippen LogP contribution in [0.1, 0.15) is 17.3 Å². The van der Waals surface area contributed by atoms with Crippen LogP contribution in [-0.4, -0.2) is 25.8 Å². The summed E-state index contributed by atoms with van der Waals surface area (Å²) in [5, 5.41) is 0.474. The van der Waals surface area contributed by atoms with E-state index >= 15 is 0 Å². The maximum atomic E-state index is 11.8. The first-order chi connectivity index (χ1) is 7.97. The third-order valence-electron chi connectivity index (χ3n) is 2.06. The molecule has 0 saturated carbocycles. The molecule has 1 aromatic rings. The molecule has 0 fully saturated rings. The summed E-state index contributed by atoms with van der Waals surface area (Å²) < 4.78 is 9.96. The first-order valence-electron chi connectivity index (χ1n) is 4.90. The lowest BCUT2D eigenvalue weighted by Crippen LogP contribution is -2.20. The number of ether oxygens (including phenoxy) is 2. The van der Waals surface area contributed by atoms with Gasteiger partial charge in [-0.2, -0.15) is 0 Å². The number of hydrogen-bond acceptors (Lipinski definition) is 4. The minimum absolute atomic E-state index is 0.0853. The van der Waals surface area contributed by atoms with Crippen LogP contribution in [0.25, 0.3) is 0 Å². The summed E-state index contributed by atoms with van der Waals surface area (Å²) in [6.45, 7) is 2.00. The highest BCUT2D eigenvalue weighted by molar-refractivity contribution is 6.38. The summed E-state index contributed by atoms with van der Waals surface area (Å²) in [6, 6.07) is 3.02. The summed E-state index contributed by atoms with van der Waals surface area (Å²) in [7, 11) is 1.52. The second-order valence-corrected chi connectivity index (χ2v) is 4.30. The molecule has 6 heteroatoms. The number of esters is 1. The van der Waals surface area contributed by atoms with Crippen LogP contribution >= 0.6 is 23.2 Å². The van der Waals surface area contributed by atoms with Crippen molar-refractivity contribution in [2.24, 2.45) is 0 Å². The van der Waals surface area contributed by atoms with E-state index in [4.69, 9.17) is 38.4 Å². The Kier molecular flexibility index (Phi) is 5.05. The Labute approximate surface area is 110 Å². The molecule has 0 spiro atoms. The summed E-state index contributed by atoms with van der Waals surface area (Å²) >= 11 is 11.7. The number of halogens is 2. The molecule has 0 aliphatic rings. The number of anilines is 1. The zero-order valence-corrected chi connectivity index (χ0v) is 11.0. The van der Waals surface area contributed by atoms with E-state index in [1.807, 2.05) is 0 Å².